The minimum absolute atomic E-state index is 0.0913. The number of rotatable bonds is 3. The van der Waals surface area contributed by atoms with Gasteiger partial charge in [-0.3, -0.25) is 9.59 Å². The number of carbonyl (C=O) groups excluding carboxylic acids is 2. The molecule has 3 rings (SSSR count). The summed E-state index contributed by atoms with van der Waals surface area (Å²) in [6.45, 7) is 1.50. The van der Waals surface area contributed by atoms with Crippen molar-refractivity contribution in [2.24, 2.45) is 0 Å². The maximum atomic E-state index is 12.3. The van der Waals surface area contributed by atoms with Gasteiger partial charge in [-0.15, -0.1) is 0 Å². The molecule has 0 bridgehead atoms. The summed E-state index contributed by atoms with van der Waals surface area (Å²) >= 11 is 0. The van der Waals surface area contributed by atoms with E-state index in [2.05, 4.69) is 10.3 Å². The molecular formula is C18H17N3O2. The summed E-state index contributed by atoms with van der Waals surface area (Å²) in [6, 6.07) is 12.8. The molecule has 2 amide bonds. The van der Waals surface area contributed by atoms with Crippen LogP contribution < -0.4 is 5.32 Å². The van der Waals surface area contributed by atoms with E-state index in [1.54, 1.807) is 29.4 Å². The van der Waals surface area contributed by atoms with Crippen molar-refractivity contribution in [1.82, 2.24) is 9.88 Å². The number of amides is 2. The Bertz CT molecular complexity index is 756. The SMILES string of the molecule is CC(=O)N1C=Cc2ccccc2C1CC(=O)Nc1ccccn1. The van der Waals surface area contributed by atoms with Crippen LogP contribution in [0.5, 0.6) is 0 Å². The first kappa shape index (κ1) is 15.0. The number of benzene rings is 1. The van der Waals surface area contributed by atoms with E-state index >= 15 is 0 Å². The summed E-state index contributed by atoms with van der Waals surface area (Å²) in [5.74, 6) is 0.239. The summed E-state index contributed by atoms with van der Waals surface area (Å²) in [5.41, 5.74) is 2.00. The average molecular weight is 307 g/mol. The molecule has 1 aliphatic rings. The van der Waals surface area contributed by atoms with E-state index < -0.39 is 0 Å². The van der Waals surface area contributed by atoms with Gasteiger partial charge in [0.1, 0.15) is 5.82 Å². The number of hydrogen-bond acceptors (Lipinski definition) is 3. The molecule has 1 unspecified atom stereocenters. The zero-order valence-electron chi connectivity index (χ0n) is 12.8. The molecule has 0 radical (unpaired) electrons. The molecule has 5 nitrogen and oxygen atoms in total. The molecular weight excluding hydrogens is 290 g/mol. The van der Waals surface area contributed by atoms with Gasteiger partial charge in [-0.2, -0.15) is 0 Å². The fourth-order valence-corrected chi connectivity index (χ4v) is 2.72. The first-order valence-corrected chi connectivity index (χ1v) is 7.42. The maximum absolute atomic E-state index is 12.3. The summed E-state index contributed by atoms with van der Waals surface area (Å²) < 4.78 is 0. The molecule has 2 aromatic rings. The van der Waals surface area contributed by atoms with E-state index in [0.29, 0.717) is 5.82 Å². The van der Waals surface area contributed by atoms with E-state index in [1.165, 1.54) is 6.92 Å². The lowest BCUT2D eigenvalue weighted by Crippen LogP contribution is -2.33. The third-order valence-corrected chi connectivity index (χ3v) is 3.78. The van der Waals surface area contributed by atoms with Gasteiger partial charge in [0.25, 0.3) is 0 Å². The molecule has 1 aromatic heterocycles. The van der Waals surface area contributed by atoms with Crippen LogP contribution in [0.1, 0.15) is 30.5 Å². The minimum Gasteiger partial charge on any atom is -0.311 e. The molecule has 23 heavy (non-hydrogen) atoms. The Hall–Kier alpha value is -2.95. The molecule has 0 saturated carbocycles. The van der Waals surface area contributed by atoms with E-state index in [-0.39, 0.29) is 24.3 Å². The Morgan fingerprint density at radius 1 is 1.17 bits per heavy atom. The third-order valence-electron chi connectivity index (χ3n) is 3.78. The predicted molar refractivity (Wildman–Crippen MR) is 88.2 cm³/mol. The molecule has 0 aliphatic carbocycles. The van der Waals surface area contributed by atoms with Crippen LogP contribution in [0.15, 0.2) is 54.9 Å². The summed E-state index contributed by atoms with van der Waals surface area (Å²) in [6.07, 6.45) is 5.43. The summed E-state index contributed by atoms with van der Waals surface area (Å²) in [7, 11) is 0. The molecule has 1 aromatic carbocycles. The highest BCUT2D eigenvalue weighted by Gasteiger charge is 2.28. The molecule has 0 spiro atoms. The zero-order valence-corrected chi connectivity index (χ0v) is 12.8. The highest BCUT2D eigenvalue weighted by Crippen LogP contribution is 2.32. The van der Waals surface area contributed by atoms with Gasteiger partial charge in [-0.25, -0.2) is 4.98 Å². The number of nitrogens with zero attached hydrogens (tertiary/aromatic N) is 2. The smallest absolute Gasteiger partial charge is 0.227 e. The number of carbonyl (C=O) groups is 2. The molecule has 1 N–H and O–H groups in total. The summed E-state index contributed by atoms with van der Waals surface area (Å²) in [5, 5.41) is 2.77. The number of fused-ring (bicyclic) bond motifs is 1. The number of nitrogens with one attached hydrogen (secondary N) is 1. The Kier molecular flexibility index (Phi) is 4.19. The van der Waals surface area contributed by atoms with Crippen LogP contribution in [-0.4, -0.2) is 21.7 Å². The van der Waals surface area contributed by atoms with Gasteiger partial charge >= 0.3 is 0 Å². The topological polar surface area (TPSA) is 62.3 Å². The standard InChI is InChI=1S/C18H17N3O2/c1-13(22)21-11-9-14-6-2-3-7-15(14)16(21)12-18(23)20-17-8-4-5-10-19-17/h2-11,16H,12H2,1H3,(H,19,20,23). The lowest BCUT2D eigenvalue weighted by molar-refractivity contribution is -0.129. The number of aromatic nitrogens is 1. The molecule has 1 atom stereocenters. The van der Waals surface area contributed by atoms with Gasteiger partial charge in [0.05, 0.1) is 12.5 Å². The highest BCUT2D eigenvalue weighted by molar-refractivity contribution is 5.91. The Morgan fingerprint density at radius 3 is 2.70 bits per heavy atom. The van der Waals surface area contributed by atoms with Crippen LogP contribution in [0.3, 0.4) is 0 Å². The van der Waals surface area contributed by atoms with Crippen molar-refractivity contribution >= 4 is 23.7 Å². The van der Waals surface area contributed by atoms with Crippen LogP contribution in [0.4, 0.5) is 5.82 Å². The van der Waals surface area contributed by atoms with Gasteiger partial charge in [0.15, 0.2) is 0 Å². The number of pyridine rings is 1. The second kappa shape index (κ2) is 6.44. The lowest BCUT2D eigenvalue weighted by Gasteiger charge is -2.32. The van der Waals surface area contributed by atoms with Gasteiger partial charge in [0.2, 0.25) is 11.8 Å². The quantitative estimate of drug-likeness (QED) is 0.948. The van der Waals surface area contributed by atoms with Crippen molar-refractivity contribution in [2.45, 2.75) is 19.4 Å². The number of hydrogen-bond donors (Lipinski definition) is 1. The van der Waals surface area contributed by atoms with Gasteiger partial charge < -0.3 is 10.2 Å². The normalized spacial score (nSPS) is 15.9. The highest BCUT2D eigenvalue weighted by atomic mass is 16.2. The Balaban J connectivity index is 1.82. The molecule has 2 heterocycles. The number of anilines is 1. The largest absolute Gasteiger partial charge is 0.311 e. The van der Waals surface area contributed by atoms with E-state index in [1.807, 2.05) is 36.4 Å². The monoisotopic (exact) mass is 307 g/mol. The fraction of sp³-hybridized carbons (Fsp3) is 0.167. The summed E-state index contributed by atoms with van der Waals surface area (Å²) in [4.78, 5) is 29.9. The van der Waals surface area contributed by atoms with Crippen LogP contribution in [0.25, 0.3) is 6.08 Å². The van der Waals surface area contributed by atoms with Crippen LogP contribution in [0.2, 0.25) is 0 Å². The molecule has 116 valence electrons. The Labute approximate surface area is 134 Å². The molecule has 0 fully saturated rings. The van der Waals surface area contributed by atoms with Gasteiger partial charge in [-0.1, -0.05) is 30.3 Å². The van der Waals surface area contributed by atoms with Crippen molar-refractivity contribution in [2.75, 3.05) is 5.32 Å². The maximum Gasteiger partial charge on any atom is 0.227 e. The van der Waals surface area contributed by atoms with Crippen LogP contribution >= 0.6 is 0 Å². The van der Waals surface area contributed by atoms with Crippen LogP contribution in [0, 0.1) is 0 Å². The van der Waals surface area contributed by atoms with Crippen molar-refractivity contribution in [3.8, 4) is 0 Å². The lowest BCUT2D eigenvalue weighted by atomic mass is 9.93. The zero-order chi connectivity index (χ0) is 16.2. The van der Waals surface area contributed by atoms with Crippen molar-refractivity contribution in [1.29, 1.82) is 0 Å². The van der Waals surface area contributed by atoms with Crippen molar-refractivity contribution in [3.05, 3.63) is 66.0 Å². The van der Waals surface area contributed by atoms with Crippen molar-refractivity contribution in [3.63, 3.8) is 0 Å². The predicted octanol–water partition coefficient (Wildman–Crippen LogP) is 2.98. The minimum atomic E-state index is -0.308. The van der Waals surface area contributed by atoms with E-state index in [0.717, 1.165) is 11.1 Å². The Morgan fingerprint density at radius 2 is 1.96 bits per heavy atom. The van der Waals surface area contributed by atoms with Crippen molar-refractivity contribution < 1.29 is 9.59 Å². The molecule has 0 saturated heterocycles. The first-order valence-electron chi connectivity index (χ1n) is 7.42. The first-order chi connectivity index (χ1) is 11.1. The second-order valence-corrected chi connectivity index (χ2v) is 5.35. The van der Waals surface area contributed by atoms with E-state index in [9.17, 15) is 9.59 Å². The molecule has 5 heteroatoms. The third kappa shape index (κ3) is 3.29. The van der Waals surface area contributed by atoms with E-state index in [4.69, 9.17) is 0 Å². The van der Waals surface area contributed by atoms with Crippen LogP contribution in [-0.2, 0) is 9.59 Å². The second-order valence-electron chi connectivity index (χ2n) is 5.35. The fourth-order valence-electron chi connectivity index (χ4n) is 2.72. The molecule has 1 aliphatic heterocycles. The van der Waals surface area contributed by atoms with Gasteiger partial charge in [-0.05, 0) is 29.3 Å². The average Bonchev–Trinajstić information content (AvgIpc) is 2.55. The van der Waals surface area contributed by atoms with Gasteiger partial charge in [0, 0.05) is 19.3 Å².